The van der Waals surface area contributed by atoms with Crippen LogP contribution in [0.3, 0.4) is 0 Å². The molecule has 108 valence electrons. The second-order valence-corrected chi connectivity index (χ2v) is 6.34. The molecule has 1 aromatic heterocycles. The molecule has 0 bridgehead atoms. The summed E-state index contributed by atoms with van der Waals surface area (Å²) in [6.45, 7) is 4.97. The first-order valence-corrected chi connectivity index (χ1v) is 8.15. The highest BCUT2D eigenvalue weighted by Crippen LogP contribution is 2.11. The Kier molecular flexibility index (Phi) is 4.98. The van der Waals surface area contributed by atoms with Crippen molar-refractivity contribution in [1.29, 1.82) is 0 Å². The molecule has 0 aliphatic carbocycles. The first kappa shape index (κ1) is 14.5. The van der Waals surface area contributed by atoms with E-state index in [0.29, 0.717) is 12.3 Å². The number of nitrogens with zero attached hydrogens (tertiary/aromatic N) is 1. The summed E-state index contributed by atoms with van der Waals surface area (Å²) in [5, 5.41) is 8.02. The molecule has 0 amide bonds. The third-order valence-corrected chi connectivity index (χ3v) is 4.02. The van der Waals surface area contributed by atoms with E-state index >= 15 is 0 Å². The minimum Gasteiger partial charge on any atom is -0.447 e. The molecular formula is C12H21N3O3S. The van der Waals surface area contributed by atoms with Crippen LogP contribution in [-0.2, 0) is 16.6 Å². The third kappa shape index (κ3) is 4.61. The summed E-state index contributed by atoms with van der Waals surface area (Å²) in [6, 6.07) is 3.02. The molecule has 0 atom stereocenters. The maximum absolute atomic E-state index is 11.0. The van der Waals surface area contributed by atoms with Gasteiger partial charge in [0.15, 0.2) is 0 Å². The predicted octanol–water partition coefficient (Wildman–Crippen LogP) is 0.502. The average Bonchev–Trinajstić information content (AvgIpc) is 2.97. The molecule has 0 spiro atoms. The van der Waals surface area contributed by atoms with Crippen LogP contribution in [0.15, 0.2) is 21.6 Å². The number of sulfonamides is 1. The fourth-order valence-corrected chi connectivity index (χ4v) is 2.73. The molecule has 0 saturated carbocycles. The zero-order valence-electron chi connectivity index (χ0n) is 11.0. The highest BCUT2D eigenvalue weighted by Gasteiger charge is 2.13. The van der Waals surface area contributed by atoms with Crippen molar-refractivity contribution in [2.45, 2.75) is 30.9 Å². The van der Waals surface area contributed by atoms with Crippen molar-refractivity contribution in [3.8, 4) is 0 Å². The van der Waals surface area contributed by atoms with Gasteiger partial charge in [-0.05, 0) is 57.6 Å². The summed E-state index contributed by atoms with van der Waals surface area (Å²) < 4.78 is 27.2. The van der Waals surface area contributed by atoms with Gasteiger partial charge in [-0.15, -0.1) is 0 Å². The molecule has 1 aliphatic rings. The highest BCUT2D eigenvalue weighted by atomic mass is 32.2. The Balaban J connectivity index is 1.64. The number of rotatable bonds is 7. The average molecular weight is 287 g/mol. The molecular weight excluding hydrogens is 266 g/mol. The summed E-state index contributed by atoms with van der Waals surface area (Å²) in [5.41, 5.74) is 0. The molecule has 1 saturated heterocycles. The van der Waals surface area contributed by atoms with E-state index in [-0.39, 0.29) is 5.09 Å². The van der Waals surface area contributed by atoms with Gasteiger partial charge in [-0.2, -0.15) is 0 Å². The van der Waals surface area contributed by atoms with Gasteiger partial charge in [0.2, 0.25) is 5.09 Å². The summed E-state index contributed by atoms with van der Waals surface area (Å²) >= 11 is 0. The summed E-state index contributed by atoms with van der Waals surface area (Å²) in [5.74, 6) is 0.588. The molecule has 19 heavy (non-hydrogen) atoms. The number of hydrogen-bond acceptors (Lipinski definition) is 5. The molecule has 2 rings (SSSR count). The van der Waals surface area contributed by atoms with Crippen molar-refractivity contribution in [1.82, 2.24) is 10.2 Å². The van der Waals surface area contributed by atoms with Crippen LogP contribution in [0.4, 0.5) is 0 Å². The number of furan rings is 1. The summed E-state index contributed by atoms with van der Waals surface area (Å²) in [6.07, 6.45) is 3.72. The molecule has 1 aromatic rings. The summed E-state index contributed by atoms with van der Waals surface area (Å²) in [4.78, 5) is 2.47. The number of hydrogen-bond donors (Lipinski definition) is 2. The van der Waals surface area contributed by atoms with Gasteiger partial charge in [0.1, 0.15) is 5.76 Å². The fourth-order valence-electron chi connectivity index (χ4n) is 2.25. The lowest BCUT2D eigenvalue weighted by molar-refractivity contribution is 0.328. The lowest BCUT2D eigenvalue weighted by Gasteiger charge is -2.13. The van der Waals surface area contributed by atoms with Crippen molar-refractivity contribution in [3.05, 3.63) is 17.9 Å². The van der Waals surface area contributed by atoms with Crippen molar-refractivity contribution in [2.75, 3.05) is 26.2 Å². The van der Waals surface area contributed by atoms with Gasteiger partial charge in [0, 0.05) is 0 Å². The van der Waals surface area contributed by atoms with Crippen LogP contribution in [0.5, 0.6) is 0 Å². The lowest BCUT2D eigenvalue weighted by atomic mass is 10.3. The van der Waals surface area contributed by atoms with E-state index < -0.39 is 10.0 Å². The van der Waals surface area contributed by atoms with E-state index in [4.69, 9.17) is 9.56 Å². The van der Waals surface area contributed by atoms with Crippen LogP contribution in [0, 0.1) is 0 Å². The lowest BCUT2D eigenvalue weighted by Crippen LogP contribution is -2.24. The van der Waals surface area contributed by atoms with Gasteiger partial charge >= 0.3 is 0 Å². The van der Waals surface area contributed by atoms with Crippen LogP contribution in [0.25, 0.3) is 0 Å². The van der Waals surface area contributed by atoms with Crippen LogP contribution < -0.4 is 10.5 Å². The first-order chi connectivity index (χ1) is 9.05. The molecule has 0 unspecified atom stereocenters. The maximum Gasteiger partial charge on any atom is 0.271 e. The molecule has 3 N–H and O–H groups in total. The van der Waals surface area contributed by atoms with Gasteiger partial charge in [0.25, 0.3) is 10.0 Å². The molecule has 7 heteroatoms. The smallest absolute Gasteiger partial charge is 0.271 e. The monoisotopic (exact) mass is 287 g/mol. The molecule has 0 aromatic carbocycles. The highest BCUT2D eigenvalue weighted by molar-refractivity contribution is 7.89. The molecule has 2 heterocycles. The van der Waals surface area contributed by atoms with Crippen molar-refractivity contribution >= 4 is 10.0 Å². The number of likely N-dealkylation sites (tertiary alicyclic amines) is 1. The summed E-state index contributed by atoms with van der Waals surface area (Å²) in [7, 11) is -3.73. The predicted molar refractivity (Wildman–Crippen MR) is 72.1 cm³/mol. The number of nitrogens with two attached hydrogens (primary N) is 1. The van der Waals surface area contributed by atoms with Gasteiger partial charge in [-0.1, -0.05) is 0 Å². The Labute approximate surface area is 114 Å². The van der Waals surface area contributed by atoms with Crippen LogP contribution in [0.1, 0.15) is 25.0 Å². The first-order valence-electron chi connectivity index (χ1n) is 6.60. The van der Waals surface area contributed by atoms with E-state index in [2.05, 4.69) is 10.2 Å². The molecule has 6 nitrogen and oxygen atoms in total. The van der Waals surface area contributed by atoms with Crippen molar-refractivity contribution < 1.29 is 12.8 Å². The second kappa shape index (κ2) is 6.51. The van der Waals surface area contributed by atoms with Crippen LogP contribution >= 0.6 is 0 Å². The third-order valence-electron chi connectivity index (χ3n) is 3.24. The van der Waals surface area contributed by atoms with E-state index in [1.807, 2.05) is 0 Å². The maximum atomic E-state index is 11.0. The minimum absolute atomic E-state index is 0.179. The second-order valence-electron chi connectivity index (χ2n) is 4.84. The van der Waals surface area contributed by atoms with Gasteiger partial charge < -0.3 is 14.6 Å². The largest absolute Gasteiger partial charge is 0.447 e. The quantitative estimate of drug-likeness (QED) is 0.713. The fraction of sp³-hybridized carbons (Fsp3) is 0.667. The van der Waals surface area contributed by atoms with Crippen molar-refractivity contribution in [2.24, 2.45) is 5.14 Å². The molecule has 1 aliphatic heterocycles. The zero-order chi connectivity index (χ0) is 13.7. The Morgan fingerprint density at radius 1 is 1.32 bits per heavy atom. The van der Waals surface area contributed by atoms with Gasteiger partial charge in [-0.25, -0.2) is 13.6 Å². The molecule has 0 radical (unpaired) electrons. The van der Waals surface area contributed by atoms with E-state index in [0.717, 1.165) is 19.5 Å². The van der Waals surface area contributed by atoms with Crippen LogP contribution in [0.2, 0.25) is 0 Å². The van der Waals surface area contributed by atoms with E-state index in [1.165, 1.54) is 32.0 Å². The van der Waals surface area contributed by atoms with Gasteiger partial charge in [-0.3, -0.25) is 0 Å². The molecule has 1 fully saturated rings. The number of primary sulfonamides is 1. The minimum atomic E-state index is -3.73. The van der Waals surface area contributed by atoms with Crippen LogP contribution in [-0.4, -0.2) is 39.5 Å². The standard InChI is InChI=1S/C12H21N3O3S/c13-19(16,17)12-5-4-11(18-12)10-14-6-3-9-15-7-1-2-8-15/h4-5,14H,1-3,6-10H2,(H2,13,16,17). The van der Waals surface area contributed by atoms with E-state index in [9.17, 15) is 8.42 Å². The normalized spacial score (nSPS) is 17.1. The SMILES string of the molecule is NS(=O)(=O)c1ccc(CNCCCN2CCCC2)o1. The Hall–Kier alpha value is -0.890. The van der Waals surface area contributed by atoms with Crippen molar-refractivity contribution in [3.63, 3.8) is 0 Å². The topological polar surface area (TPSA) is 88.6 Å². The Morgan fingerprint density at radius 3 is 2.68 bits per heavy atom. The van der Waals surface area contributed by atoms with Gasteiger partial charge in [0.05, 0.1) is 6.54 Å². The zero-order valence-corrected chi connectivity index (χ0v) is 11.8. The van der Waals surface area contributed by atoms with E-state index in [1.54, 1.807) is 6.07 Å². The number of nitrogens with one attached hydrogen (secondary N) is 1. The Morgan fingerprint density at radius 2 is 2.05 bits per heavy atom. The Bertz CT molecular complexity index is 492.